The zero-order valence-corrected chi connectivity index (χ0v) is 20.1. The van der Waals surface area contributed by atoms with Gasteiger partial charge in [0, 0.05) is 23.2 Å². The van der Waals surface area contributed by atoms with E-state index in [9.17, 15) is 23.1 Å². The number of rotatable bonds is 7. The van der Waals surface area contributed by atoms with Crippen LogP contribution in [0, 0.1) is 0 Å². The molecule has 0 radical (unpaired) electrons. The highest BCUT2D eigenvalue weighted by molar-refractivity contribution is 5.91. The first-order valence-electron chi connectivity index (χ1n) is 11.8. The van der Waals surface area contributed by atoms with Gasteiger partial charge in [-0.3, -0.25) is 0 Å². The molecule has 11 heteroatoms. The summed E-state index contributed by atoms with van der Waals surface area (Å²) in [5.41, 5.74) is 0.459. The number of hydrogen-bond acceptors (Lipinski definition) is 6. The molecule has 0 saturated heterocycles. The SMILES string of the molecule is COc1c(CO)cc(C(F)(F)F)cc1NC(=O)N[C@H]1CC[C@H](Oc2ccc(-c3ccccc3)nn2)CC1. The molecule has 196 valence electrons. The maximum atomic E-state index is 13.2. The molecule has 0 bridgehead atoms. The number of aliphatic hydroxyl groups is 1. The lowest BCUT2D eigenvalue weighted by molar-refractivity contribution is -0.137. The van der Waals surface area contributed by atoms with Gasteiger partial charge in [-0.15, -0.1) is 10.2 Å². The number of amides is 2. The van der Waals surface area contributed by atoms with E-state index in [0.29, 0.717) is 31.6 Å². The lowest BCUT2D eigenvalue weighted by atomic mass is 9.93. The number of benzene rings is 2. The molecule has 0 unspecified atom stereocenters. The van der Waals surface area contributed by atoms with Crippen LogP contribution in [-0.4, -0.2) is 40.6 Å². The van der Waals surface area contributed by atoms with E-state index in [1.54, 1.807) is 6.07 Å². The minimum Gasteiger partial charge on any atom is -0.494 e. The van der Waals surface area contributed by atoms with E-state index in [0.717, 1.165) is 23.4 Å². The van der Waals surface area contributed by atoms with Gasteiger partial charge in [0.05, 0.1) is 30.7 Å². The standard InChI is InChI=1S/C26H27F3N4O4/c1-36-24-17(15-34)13-18(26(27,28)29)14-22(24)31-25(35)30-19-7-9-20(10-8-19)37-23-12-11-21(32-33-23)16-5-3-2-4-6-16/h2-6,11-14,19-20,34H,7-10,15H2,1H3,(H2,30,31,35)/t19-,20-. The predicted octanol–water partition coefficient (Wildman–Crippen LogP) is 5.18. The molecule has 1 aliphatic rings. The third-order valence-electron chi connectivity index (χ3n) is 6.12. The smallest absolute Gasteiger partial charge is 0.416 e. The van der Waals surface area contributed by atoms with Crippen LogP contribution in [-0.2, 0) is 12.8 Å². The summed E-state index contributed by atoms with van der Waals surface area (Å²) < 4.78 is 50.8. The summed E-state index contributed by atoms with van der Waals surface area (Å²) in [6.45, 7) is -0.674. The molecule has 1 aromatic heterocycles. The first-order chi connectivity index (χ1) is 17.8. The number of urea groups is 1. The van der Waals surface area contributed by atoms with Crippen LogP contribution in [0.3, 0.4) is 0 Å². The normalized spacial score (nSPS) is 17.6. The number of ether oxygens (including phenoxy) is 2. The zero-order chi connectivity index (χ0) is 26.4. The van der Waals surface area contributed by atoms with Crippen molar-refractivity contribution in [1.82, 2.24) is 15.5 Å². The molecule has 2 aromatic carbocycles. The predicted molar refractivity (Wildman–Crippen MR) is 130 cm³/mol. The van der Waals surface area contributed by atoms with Gasteiger partial charge in [0.25, 0.3) is 0 Å². The van der Waals surface area contributed by atoms with E-state index in [1.807, 2.05) is 36.4 Å². The highest BCUT2D eigenvalue weighted by atomic mass is 19.4. The second-order valence-corrected chi connectivity index (χ2v) is 8.68. The molecule has 0 aliphatic heterocycles. The van der Waals surface area contributed by atoms with Crippen LogP contribution in [0.1, 0.15) is 36.8 Å². The fraction of sp³-hybridized carbons (Fsp3) is 0.346. The lowest BCUT2D eigenvalue weighted by Crippen LogP contribution is -2.41. The summed E-state index contributed by atoms with van der Waals surface area (Å²) in [6, 6.07) is 14.0. The molecule has 8 nitrogen and oxygen atoms in total. The molecule has 1 aliphatic carbocycles. The first kappa shape index (κ1) is 26.2. The molecule has 3 N–H and O–H groups in total. The molecule has 4 rings (SSSR count). The van der Waals surface area contributed by atoms with E-state index in [2.05, 4.69) is 20.8 Å². The Morgan fingerprint density at radius 1 is 1.05 bits per heavy atom. The Kier molecular flexibility index (Phi) is 8.12. The number of carbonyl (C=O) groups excluding carboxylic acids is 1. The molecule has 2 amide bonds. The van der Waals surface area contributed by atoms with Gasteiger partial charge in [-0.05, 0) is 43.9 Å². The summed E-state index contributed by atoms with van der Waals surface area (Å²) in [7, 11) is 1.26. The van der Waals surface area contributed by atoms with Crippen molar-refractivity contribution < 1.29 is 32.5 Å². The number of methoxy groups -OCH3 is 1. The number of halogens is 3. The van der Waals surface area contributed by atoms with Gasteiger partial charge in [-0.25, -0.2) is 4.79 Å². The quantitative estimate of drug-likeness (QED) is 0.400. The number of anilines is 1. The number of nitrogens with one attached hydrogen (secondary N) is 2. The number of aliphatic hydroxyl groups excluding tert-OH is 1. The molecule has 37 heavy (non-hydrogen) atoms. The number of carbonyl (C=O) groups is 1. The minimum absolute atomic E-state index is 0.0258. The Morgan fingerprint density at radius 3 is 2.38 bits per heavy atom. The Hall–Kier alpha value is -3.86. The Balaban J connectivity index is 1.30. The fourth-order valence-corrected chi connectivity index (χ4v) is 4.29. The van der Waals surface area contributed by atoms with Crippen LogP contribution in [0.5, 0.6) is 11.6 Å². The Labute approximate surface area is 211 Å². The van der Waals surface area contributed by atoms with Gasteiger partial charge in [0.1, 0.15) is 11.9 Å². The topological polar surface area (TPSA) is 106 Å². The van der Waals surface area contributed by atoms with Crippen molar-refractivity contribution >= 4 is 11.7 Å². The van der Waals surface area contributed by atoms with E-state index in [1.165, 1.54) is 7.11 Å². The summed E-state index contributed by atoms with van der Waals surface area (Å²) in [6.07, 6.45) is -2.17. The van der Waals surface area contributed by atoms with Crippen LogP contribution in [0.15, 0.2) is 54.6 Å². The van der Waals surface area contributed by atoms with Crippen molar-refractivity contribution in [3.63, 3.8) is 0 Å². The zero-order valence-electron chi connectivity index (χ0n) is 20.1. The van der Waals surface area contributed by atoms with Crippen LogP contribution in [0.2, 0.25) is 0 Å². The van der Waals surface area contributed by atoms with Crippen molar-refractivity contribution in [3.05, 3.63) is 65.7 Å². The number of nitrogens with zero attached hydrogens (tertiary/aromatic N) is 2. The van der Waals surface area contributed by atoms with Crippen molar-refractivity contribution in [2.45, 2.75) is 50.6 Å². The van der Waals surface area contributed by atoms with Gasteiger partial charge >= 0.3 is 12.2 Å². The van der Waals surface area contributed by atoms with E-state index in [4.69, 9.17) is 9.47 Å². The second-order valence-electron chi connectivity index (χ2n) is 8.68. The van der Waals surface area contributed by atoms with Gasteiger partial charge in [-0.1, -0.05) is 30.3 Å². The maximum Gasteiger partial charge on any atom is 0.416 e. The molecule has 3 aromatic rings. The largest absolute Gasteiger partial charge is 0.494 e. The summed E-state index contributed by atoms with van der Waals surface area (Å²) in [4.78, 5) is 12.6. The van der Waals surface area contributed by atoms with Crippen LogP contribution in [0.4, 0.5) is 23.7 Å². The van der Waals surface area contributed by atoms with Crippen molar-refractivity contribution in [2.75, 3.05) is 12.4 Å². The van der Waals surface area contributed by atoms with E-state index in [-0.39, 0.29) is 29.1 Å². The molecule has 1 fully saturated rings. The molecule has 1 saturated carbocycles. The minimum atomic E-state index is -4.65. The molecule has 0 atom stereocenters. The van der Waals surface area contributed by atoms with E-state index >= 15 is 0 Å². The summed E-state index contributed by atoms with van der Waals surface area (Å²) in [5.74, 6) is 0.396. The average Bonchev–Trinajstić information content (AvgIpc) is 2.89. The third-order valence-corrected chi connectivity index (χ3v) is 6.12. The van der Waals surface area contributed by atoms with Crippen LogP contribution >= 0.6 is 0 Å². The van der Waals surface area contributed by atoms with Crippen molar-refractivity contribution in [2.24, 2.45) is 0 Å². The van der Waals surface area contributed by atoms with Gasteiger partial charge < -0.3 is 25.2 Å². The summed E-state index contributed by atoms with van der Waals surface area (Å²) >= 11 is 0. The monoisotopic (exact) mass is 516 g/mol. The highest BCUT2D eigenvalue weighted by Crippen LogP contribution is 2.38. The Morgan fingerprint density at radius 2 is 1.78 bits per heavy atom. The van der Waals surface area contributed by atoms with Crippen LogP contribution in [0.25, 0.3) is 11.3 Å². The van der Waals surface area contributed by atoms with E-state index < -0.39 is 24.4 Å². The number of aromatic nitrogens is 2. The molecular formula is C26H27F3N4O4. The van der Waals surface area contributed by atoms with Crippen molar-refractivity contribution in [1.29, 1.82) is 0 Å². The molecular weight excluding hydrogens is 489 g/mol. The Bertz CT molecular complexity index is 1200. The summed E-state index contributed by atoms with van der Waals surface area (Å²) in [5, 5.41) is 23.1. The van der Waals surface area contributed by atoms with Gasteiger partial charge in [0.15, 0.2) is 0 Å². The first-order valence-corrected chi connectivity index (χ1v) is 11.8. The number of hydrogen-bond donors (Lipinski definition) is 3. The third kappa shape index (κ3) is 6.67. The van der Waals surface area contributed by atoms with Gasteiger partial charge in [-0.2, -0.15) is 13.2 Å². The maximum absolute atomic E-state index is 13.2. The lowest BCUT2D eigenvalue weighted by Gasteiger charge is -2.29. The average molecular weight is 517 g/mol. The van der Waals surface area contributed by atoms with Gasteiger partial charge in [0.2, 0.25) is 5.88 Å². The molecule has 1 heterocycles. The number of alkyl halides is 3. The van der Waals surface area contributed by atoms with Crippen molar-refractivity contribution in [3.8, 4) is 22.9 Å². The van der Waals surface area contributed by atoms with Crippen LogP contribution < -0.4 is 20.1 Å². The fourth-order valence-electron chi connectivity index (χ4n) is 4.29. The second kappa shape index (κ2) is 11.5. The highest BCUT2D eigenvalue weighted by Gasteiger charge is 2.33. The molecule has 0 spiro atoms.